The molecule has 3 aromatic rings. The van der Waals surface area contributed by atoms with Crippen molar-refractivity contribution in [3.8, 4) is 11.3 Å². The molecule has 0 unspecified atom stereocenters. The number of fused-ring (bicyclic) bond motifs is 1. The lowest BCUT2D eigenvalue weighted by Gasteiger charge is -2.30. The first-order valence-electron chi connectivity index (χ1n) is 13.4. The fourth-order valence-electron chi connectivity index (χ4n) is 4.46. The van der Waals surface area contributed by atoms with Crippen LogP contribution in [0, 0.1) is 23.4 Å². The summed E-state index contributed by atoms with van der Waals surface area (Å²) < 4.78 is 116. The summed E-state index contributed by atoms with van der Waals surface area (Å²) in [5.74, 6) is -7.39. The number of benzene rings is 1. The van der Waals surface area contributed by atoms with E-state index in [9.17, 15) is 44.3 Å². The van der Waals surface area contributed by atoms with Crippen molar-refractivity contribution in [1.29, 1.82) is 0 Å². The highest BCUT2D eigenvalue weighted by molar-refractivity contribution is 5.77. The third-order valence-corrected chi connectivity index (χ3v) is 6.71. The number of halogens is 9. The number of aliphatic carboxylic acids is 1. The molecule has 0 aliphatic carbocycles. The average molecular weight is 657 g/mol. The largest absolute Gasteiger partial charge is 0.490 e. The molecule has 18 heteroatoms. The van der Waals surface area contributed by atoms with Gasteiger partial charge in [-0.15, -0.1) is 0 Å². The standard InChI is InChI=1S/C25H28F6N6O.C2HF3O2/c1-14(2)3-4-36-12-16(11-33-36)23-21-13-35(5-6-37(21)24(34-23)25(29,30)31)22(38)9-17(32)7-15-8-19(27)20(28)10-18(15)26;3-2(4,5)1(6)7/h8,10-12,14,17H,3-7,9,13,32H2,1-2H3;(H,6,7)/t17-;/m1./s1. The van der Waals surface area contributed by atoms with Crippen LogP contribution in [0.2, 0.25) is 0 Å². The van der Waals surface area contributed by atoms with Gasteiger partial charge in [0.1, 0.15) is 5.82 Å². The number of amides is 1. The first kappa shape index (κ1) is 35.4. The molecule has 4 rings (SSSR count). The molecule has 0 saturated carbocycles. The second-order valence-electron chi connectivity index (χ2n) is 10.7. The Bertz CT molecular complexity index is 1510. The minimum absolute atomic E-state index is 0.00930. The zero-order chi connectivity index (χ0) is 33.9. The van der Waals surface area contributed by atoms with Crippen LogP contribution in [0.25, 0.3) is 11.3 Å². The van der Waals surface area contributed by atoms with Crippen LogP contribution in [0.15, 0.2) is 24.5 Å². The molecule has 45 heavy (non-hydrogen) atoms. The number of nitrogens with two attached hydrogens (primary N) is 1. The third-order valence-electron chi connectivity index (χ3n) is 6.71. The number of aromatic nitrogens is 4. The molecule has 3 heterocycles. The number of alkyl halides is 6. The predicted molar refractivity (Wildman–Crippen MR) is 140 cm³/mol. The van der Waals surface area contributed by atoms with Crippen LogP contribution in [-0.4, -0.2) is 60.0 Å². The molecule has 0 radical (unpaired) electrons. The Kier molecular flexibility index (Phi) is 10.9. The molecule has 1 aliphatic heterocycles. The maximum absolute atomic E-state index is 14.0. The van der Waals surface area contributed by atoms with Crippen molar-refractivity contribution in [2.45, 2.75) is 71.1 Å². The Hall–Kier alpha value is -4.09. The van der Waals surface area contributed by atoms with Crippen molar-refractivity contribution in [1.82, 2.24) is 24.2 Å². The summed E-state index contributed by atoms with van der Waals surface area (Å²) in [6.07, 6.45) is -6.33. The average Bonchev–Trinajstić information content (AvgIpc) is 3.54. The summed E-state index contributed by atoms with van der Waals surface area (Å²) in [5, 5.41) is 11.4. The van der Waals surface area contributed by atoms with Crippen LogP contribution < -0.4 is 5.73 Å². The first-order valence-corrected chi connectivity index (χ1v) is 13.4. The third kappa shape index (κ3) is 9.21. The van der Waals surface area contributed by atoms with Crippen molar-refractivity contribution in [3.05, 3.63) is 59.1 Å². The monoisotopic (exact) mass is 656 g/mol. The summed E-state index contributed by atoms with van der Waals surface area (Å²) in [7, 11) is 0. The molecule has 1 amide bonds. The number of carbonyl (C=O) groups excluding carboxylic acids is 1. The van der Waals surface area contributed by atoms with E-state index in [1.165, 1.54) is 11.1 Å². The number of imidazole rings is 1. The van der Waals surface area contributed by atoms with Crippen LogP contribution in [0.1, 0.15) is 43.8 Å². The summed E-state index contributed by atoms with van der Waals surface area (Å²) in [4.78, 5) is 27.1. The summed E-state index contributed by atoms with van der Waals surface area (Å²) >= 11 is 0. The number of hydrogen-bond acceptors (Lipinski definition) is 5. The lowest BCUT2D eigenvalue weighted by Crippen LogP contribution is -2.42. The minimum Gasteiger partial charge on any atom is -0.475 e. The van der Waals surface area contributed by atoms with Gasteiger partial charge in [0.05, 0.1) is 24.1 Å². The van der Waals surface area contributed by atoms with Gasteiger partial charge in [-0.2, -0.15) is 31.4 Å². The fourth-order valence-corrected chi connectivity index (χ4v) is 4.46. The Morgan fingerprint density at radius 2 is 1.64 bits per heavy atom. The van der Waals surface area contributed by atoms with Gasteiger partial charge in [-0.05, 0) is 30.4 Å². The van der Waals surface area contributed by atoms with E-state index in [-0.39, 0.29) is 49.4 Å². The molecule has 1 aliphatic rings. The van der Waals surface area contributed by atoms with Crippen molar-refractivity contribution >= 4 is 11.9 Å². The topological polar surface area (TPSA) is 119 Å². The van der Waals surface area contributed by atoms with Crippen LogP contribution in [0.3, 0.4) is 0 Å². The second kappa shape index (κ2) is 13.9. The summed E-state index contributed by atoms with van der Waals surface area (Å²) in [5.41, 5.74) is 6.55. The minimum atomic E-state index is -5.08. The number of nitrogens with zero attached hydrogens (tertiary/aromatic N) is 5. The number of rotatable bonds is 8. The number of hydrogen-bond donors (Lipinski definition) is 2. The van der Waals surface area contributed by atoms with Crippen LogP contribution in [0.5, 0.6) is 0 Å². The summed E-state index contributed by atoms with van der Waals surface area (Å²) in [6, 6.07) is 0.189. The van der Waals surface area contributed by atoms with E-state index in [0.717, 1.165) is 11.0 Å². The molecule has 2 aromatic heterocycles. The molecular weight excluding hydrogens is 627 g/mol. The highest BCUT2D eigenvalue weighted by Crippen LogP contribution is 2.36. The van der Waals surface area contributed by atoms with Crippen molar-refractivity contribution in [2.24, 2.45) is 11.7 Å². The zero-order valence-electron chi connectivity index (χ0n) is 23.9. The fraction of sp³-hybridized carbons (Fsp3) is 0.481. The number of aryl methyl sites for hydroxylation is 1. The normalized spacial score (nSPS) is 14.2. The van der Waals surface area contributed by atoms with Crippen LogP contribution >= 0.6 is 0 Å². The molecule has 0 spiro atoms. The molecule has 3 N–H and O–H groups in total. The molecule has 0 bridgehead atoms. The van der Waals surface area contributed by atoms with E-state index in [1.807, 2.05) is 0 Å². The molecule has 248 valence electrons. The van der Waals surface area contributed by atoms with E-state index < -0.39 is 53.5 Å². The van der Waals surface area contributed by atoms with E-state index >= 15 is 0 Å². The van der Waals surface area contributed by atoms with E-state index in [2.05, 4.69) is 23.9 Å². The smallest absolute Gasteiger partial charge is 0.475 e. The number of carbonyl (C=O) groups is 2. The quantitative estimate of drug-likeness (QED) is 0.255. The number of carboxylic acid groups (broad SMARTS) is 1. The lowest BCUT2D eigenvalue weighted by atomic mass is 10.0. The van der Waals surface area contributed by atoms with Crippen LogP contribution in [0.4, 0.5) is 39.5 Å². The van der Waals surface area contributed by atoms with Crippen molar-refractivity contribution in [2.75, 3.05) is 6.54 Å². The van der Waals surface area contributed by atoms with Gasteiger partial charge in [0.25, 0.3) is 0 Å². The molecule has 9 nitrogen and oxygen atoms in total. The van der Waals surface area contributed by atoms with Crippen molar-refractivity contribution in [3.63, 3.8) is 0 Å². The van der Waals surface area contributed by atoms with Gasteiger partial charge in [-0.1, -0.05) is 13.8 Å². The molecule has 1 aromatic carbocycles. The number of carboxylic acids is 1. The highest BCUT2D eigenvalue weighted by atomic mass is 19.4. The Balaban J connectivity index is 0.000000707. The van der Waals surface area contributed by atoms with Gasteiger partial charge in [0.15, 0.2) is 11.6 Å². The first-order chi connectivity index (χ1) is 20.8. The van der Waals surface area contributed by atoms with Gasteiger partial charge >= 0.3 is 18.3 Å². The maximum atomic E-state index is 14.0. The Labute approximate surface area is 250 Å². The van der Waals surface area contributed by atoms with E-state index in [1.54, 1.807) is 10.9 Å². The Morgan fingerprint density at radius 1 is 1.02 bits per heavy atom. The molecule has 0 saturated heterocycles. The SMILES string of the molecule is CC(C)CCn1cc(-c2nc(C(F)(F)F)n3c2CN(C(=O)C[C@H](N)Cc2cc(F)c(F)cc2F)CC3)cn1.O=C(O)C(F)(F)F. The van der Waals surface area contributed by atoms with Gasteiger partial charge in [-0.25, -0.2) is 22.9 Å². The highest BCUT2D eigenvalue weighted by Gasteiger charge is 2.41. The van der Waals surface area contributed by atoms with Gasteiger partial charge in [0.2, 0.25) is 11.7 Å². The van der Waals surface area contributed by atoms with Gasteiger partial charge < -0.3 is 20.3 Å². The van der Waals surface area contributed by atoms with Gasteiger partial charge in [0, 0.05) is 49.9 Å². The van der Waals surface area contributed by atoms with Gasteiger partial charge in [-0.3, -0.25) is 9.48 Å². The van der Waals surface area contributed by atoms with Crippen LogP contribution in [-0.2, 0) is 41.8 Å². The second-order valence-corrected chi connectivity index (χ2v) is 10.7. The molecule has 1 atom stereocenters. The van der Waals surface area contributed by atoms with Crippen molar-refractivity contribution < 1.29 is 54.2 Å². The summed E-state index contributed by atoms with van der Waals surface area (Å²) in [6.45, 7) is 4.43. The lowest BCUT2D eigenvalue weighted by molar-refractivity contribution is -0.192. The van der Waals surface area contributed by atoms with E-state index in [0.29, 0.717) is 30.2 Å². The predicted octanol–water partition coefficient (Wildman–Crippen LogP) is 5.16. The van der Waals surface area contributed by atoms with E-state index in [4.69, 9.17) is 15.6 Å². The zero-order valence-corrected chi connectivity index (χ0v) is 23.9. The Morgan fingerprint density at radius 3 is 2.22 bits per heavy atom. The maximum Gasteiger partial charge on any atom is 0.490 e. The molecule has 0 fully saturated rings. The molecular formula is C27H29F9N6O3.